The minimum absolute atomic E-state index is 0.296. The number of hydrogen-bond donors (Lipinski definition) is 0. The molecule has 0 unspecified atom stereocenters. The predicted molar refractivity (Wildman–Crippen MR) is 81.3 cm³/mol. The highest BCUT2D eigenvalue weighted by Gasteiger charge is 2.08. The third kappa shape index (κ3) is 2.52. The number of esters is 1. The average molecular weight is 280 g/mol. The number of ether oxygens (including phenoxy) is 1. The molecule has 0 saturated heterocycles. The summed E-state index contributed by atoms with van der Waals surface area (Å²) in [5.41, 5.74) is 4.47. The molecule has 2 heterocycles. The van der Waals surface area contributed by atoms with Gasteiger partial charge < -0.3 is 9.14 Å². The third-order valence-corrected chi connectivity index (χ3v) is 3.39. The van der Waals surface area contributed by atoms with Crippen LogP contribution in [-0.2, 0) is 4.74 Å². The van der Waals surface area contributed by atoms with Gasteiger partial charge >= 0.3 is 5.97 Å². The van der Waals surface area contributed by atoms with Crippen molar-refractivity contribution in [3.05, 3.63) is 59.9 Å². The Balaban J connectivity index is 1.95. The summed E-state index contributed by atoms with van der Waals surface area (Å²) in [4.78, 5) is 16.2. The molecule has 106 valence electrons. The lowest BCUT2D eigenvalue weighted by atomic mass is 10.1. The van der Waals surface area contributed by atoms with E-state index in [4.69, 9.17) is 4.74 Å². The zero-order valence-corrected chi connectivity index (χ0v) is 12.0. The van der Waals surface area contributed by atoms with Gasteiger partial charge in [0.15, 0.2) is 0 Å². The van der Waals surface area contributed by atoms with Gasteiger partial charge in [-0.15, -0.1) is 0 Å². The molecule has 0 N–H and O–H groups in total. The van der Waals surface area contributed by atoms with E-state index in [0.717, 1.165) is 22.6 Å². The van der Waals surface area contributed by atoms with Crippen LogP contribution >= 0.6 is 0 Å². The maximum atomic E-state index is 11.6. The SMILES string of the molecule is CCOC(=O)c1ccc(-c2cn3c(C)cccc3n2)cc1. The van der Waals surface area contributed by atoms with Gasteiger partial charge in [-0.2, -0.15) is 0 Å². The molecular formula is C17H16N2O2. The van der Waals surface area contributed by atoms with Crippen LogP contribution in [-0.4, -0.2) is 22.0 Å². The van der Waals surface area contributed by atoms with E-state index in [2.05, 4.69) is 9.38 Å². The van der Waals surface area contributed by atoms with Crippen molar-refractivity contribution in [3.8, 4) is 11.3 Å². The number of imidazole rings is 1. The molecule has 0 spiro atoms. The van der Waals surface area contributed by atoms with Crippen LogP contribution in [0.4, 0.5) is 0 Å². The predicted octanol–water partition coefficient (Wildman–Crippen LogP) is 3.49. The molecule has 21 heavy (non-hydrogen) atoms. The van der Waals surface area contributed by atoms with Crippen molar-refractivity contribution in [1.29, 1.82) is 0 Å². The average Bonchev–Trinajstić information content (AvgIpc) is 2.93. The van der Waals surface area contributed by atoms with Crippen molar-refractivity contribution >= 4 is 11.6 Å². The van der Waals surface area contributed by atoms with Crippen LogP contribution in [0, 0.1) is 6.92 Å². The van der Waals surface area contributed by atoms with E-state index < -0.39 is 0 Å². The van der Waals surface area contributed by atoms with Crippen molar-refractivity contribution in [3.63, 3.8) is 0 Å². The Morgan fingerprint density at radius 3 is 2.62 bits per heavy atom. The summed E-state index contributed by atoms with van der Waals surface area (Å²) in [7, 11) is 0. The quantitative estimate of drug-likeness (QED) is 0.690. The van der Waals surface area contributed by atoms with Crippen LogP contribution in [0.5, 0.6) is 0 Å². The van der Waals surface area contributed by atoms with Gasteiger partial charge in [0.2, 0.25) is 0 Å². The second-order valence-corrected chi connectivity index (χ2v) is 4.82. The highest BCUT2D eigenvalue weighted by atomic mass is 16.5. The van der Waals surface area contributed by atoms with Gasteiger partial charge in [0, 0.05) is 17.5 Å². The smallest absolute Gasteiger partial charge is 0.338 e. The second kappa shape index (κ2) is 5.40. The van der Waals surface area contributed by atoms with Gasteiger partial charge in [-0.25, -0.2) is 9.78 Å². The number of aryl methyl sites for hydroxylation is 1. The summed E-state index contributed by atoms with van der Waals surface area (Å²) in [6.07, 6.45) is 2.00. The first-order valence-electron chi connectivity index (χ1n) is 6.91. The first-order valence-corrected chi connectivity index (χ1v) is 6.91. The van der Waals surface area contributed by atoms with E-state index in [0.29, 0.717) is 12.2 Å². The van der Waals surface area contributed by atoms with Crippen molar-refractivity contribution in [2.24, 2.45) is 0 Å². The standard InChI is InChI=1S/C17H16N2O2/c1-3-21-17(20)14-9-7-13(8-10-14)15-11-19-12(2)5-4-6-16(19)18-15/h4-11H,3H2,1-2H3. The van der Waals surface area contributed by atoms with Crippen LogP contribution in [0.3, 0.4) is 0 Å². The van der Waals surface area contributed by atoms with E-state index in [1.54, 1.807) is 19.1 Å². The Morgan fingerprint density at radius 2 is 1.95 bits per heavy atom. The van der Waals surface area contributed by atoms with Gasteiger partial charge in [-0.3, -0.25) is 0 Å². The first-order chi connectivity index (χ1) is 10.2. The van der Waals surface area contributed by atoms with Gasteiger partial charge in [0.25, 0.3) is 0 Å². The highest BCUT2D eigenvalue weighted by Crippen LogP contribution is 2.20. The largest absolute Gasteiger partial charge is 0.462 e. The lowest BCUT2D eigenvalue weighted by molar-refractivity contribution is 0.0526. The molecule has 0 amide bonds. The van der Waals surface area contributed by atoms with Gasteiger partial charge in [0.1, 0.15) is 5.65 Å². The molecule has 0 saturated carbocycles. The monoisotopic (exact) mass is 280 g/mol. The van der Waals surface area contributed by atoms with E-state index in [1.807, 2.05) is 43.5 Å². The number of aromatic nitrogens is 2. The van der Waals surface area contributed by atoms with Gasteiger partial charge in [0.05, 0.1) is 17.9 Å². The number of rotatable bonds is 3. The van der Waals surface area contributed by atoms with Crippen molar-refractivity contribution in [2.45, 2.75) is 13.8 Å². The van der Waals surface area contributed by atoms with Crippen LogP contribution in [0.25, 0.3) is 16.9 Å². The summed E-state index contributed by atoms with van der Waals surface area (Å²) >= 11 is 0. The summed E-state index contributed by atoms with van der Waals surface area (Å²) in [5.74, 6) is -0.296. The molecule has 2 aromatic heterocycles. The Labute approximate surface area is 123 Å². The minimum atomic E-state index is -0.296. The molecule has 3 aromatic rings. The molecule has 0 radical (unpaired) electrons. The Kier molecular flexibility index (Phi) is 3.44. The number of pyridine rings is 1. The third-order valence-electron chi connectivity index (χ3n) is 3.39. The van der Waals surface area contributed by atoms with E-state index >= 15 is 0 Å². The number of fused-ring (bicyclic) bond motifs is 1. The maximum Gasteiger partial charge on any atom is 0.338 e. The van der Waals surface area contributed by atoms with E-state index in [9.17, 15) is 4.79 Å². The summed E-state index contributed by atoms with van der Waals surface area (Å²) < 4.78 is 7.03. The fraction of sp³-hybridized carbons (Fsp3) is 0.176. The van der Waals surface area contributed by atoms with Crippen LogP contribution in [0.2, 0.25) is 0 Å². The molecule has 0 aliphatic heterocycles. The number of carbonyl (C=O) groups excluding carboxylic acids is 1. The lowest BCUT2D eigenvalue weighted by Gasteiger charge is -2.02. The van der Waals surface area contributed by atoms with Crippen molar-refractivity contribution in [2.75, 3.05) is 6.61 Å². The molecular weight excluding hydrogens is 264 g/mol. The summed E-state index contributed by atoms with van der Waals surface area (Å²) in [5, 5.41) is 0. The molecule has 4 nitrogen and oxygen atoms in total. The topological polar surface area (TPSA) is 43.6 Å². The van der Waals surface area contributed by atoms with Crippen LogP contribution < -0.4 is 0 Å². The van der Waals surface area contributed by atoms with Crippen LogP contribution in [0.15, 0.2) is 48.7 Å². The Morgan fingerprint density at radius 1 is 1.19 bits per heavy atom. The molecule has 0 aliphatic rings. The molecule has 3 rings (SSSR count). The molecule has 0 atom stereocenters. The fourth-order valence-electron chi connectivity index (χ4n) is 2.28. The van der Waals surface area contributed by atoms with E-state index in [-0.39, 0.29) is 5.97 Å². The van der Waals surface area contributed by atoms with Crippen molar-refractivity contribution < 1.29 is 9.53 Å². The second-order valence-electron chi connectivity index (χ2n) is 4.82. The summed E-state index contributed by atoms with van der Waals surface area (Å²) in [6.45, 7) is 4.22. The zero-order valence-electron chi connectivity index (χ0n) is 12.0. The Bertz CT molecular complexity index is 788. The van der Waals surface area contributed by atoms with Crippen LogP contribution in [0.1, 0.15) is 23.0 Å². The number of nitrogens with zero attached hydrogens (tertiary/aromatic N) is 2. The lowest BCUT2D eigenvalue weighted by Crippen LogP contribution is -2.03. The van der Waals surface area contributed by atoms with Crippen molar-refractivity contribution in [1.82, 2.24) is 9.38 Å². The zero-order chi connectivity index (χ0) is 14.8. The number of carbonyl (C=O) groups is 1. The maximum absolute atomic E-state index is 11.6. The molecule has 0 fully saturated rings. The Hall–Kier alpha value is -2.62. The number of hydrogen-bond acceptors (Lipinski definition) is 3. The molecule has 1 aromatic carbocycles. The highest BCUT2D eigenvalue weighted by molar-refractivity contribution is 5.90. The molecule has 0 aliphatic carbocycles. The minimum Gasteiger partial charge on any atom is -0.462 e. The first kappa shape index (κ1) is 13.4. The van der Waals surface area contributed by atoms with E-state index in [1.165, 1.54) is 0 Å². The van der Waals surface area contributed by atoms with Gasteiger partial charge in [-0.05, 0) is 38.1 Å². The molecule has 0 bridgehead atoms. The summed E-state index contributed by atoms with van der Waals surface area (Å²) in [6, 6.07) is 13.3. The molecule has 4 heteroatoms. The van der Waals surface area contributed by atoms with Gasteiger partial charge in [-0.1, -0.05) is 18.2 Å². The normalized spacial score (nSPS) is 10.8. The fourth-order valence-corrected chi connectivity index (χ4v) is 2.28. The number of benzene rings is 1.